The number of H-pyrrole nitrogens is 1. The minimum absolute atomic E-state index is 0.226. The van der Waals surface area contributed by atoms with Crippen molar-refractivity contribution in [1.29, 1.82) is 0 Å². The smallest absolute Gasteiger partial charge is 0.332 e. The van der Waals surface area contributed by atoms with Crippen LogP contribution in [0.3, 0.4) is 0 Å². The molecule has 1 aromatic carbocycles. The molecule has 2 aromatic heterocycles. The number of aromatic nitrogens is 4. The molecule has 130 valence electrons. The molecule has 5 N–H and O–H groups in total. The molecule has 4 rings (SSSR count). The molecule has 1 fully saturated rings. The zero-order valence-corrected chi connectivity index (χ0v) is 13.7. The van der Waals surface area contributed by atoms with Crippen molar-refractivity contribution < 1.29 is 4.74 Å². The van der Waals surface area contributed by atoms with Crippen molar-refractivity contribution in [3.8, 4) is 11.4 Å². The average Bonchev–Trinajstić information content (AvgIpc) is 3.22. The maximum atomic E-state index is 12.5. The summed E-state index contributed by atoms with van der Waals surface area (Å²) < 4.78 is 6.82. The van der Waals surface area contributed by atoms with Crippen molar-refractivity contribution in [3.63, 3.8) is 0 Å². The van der Waals surface area contributed by atoms with Gasteiger partial charge in [-0.15, -0.1) is 0 Å². The number of fused-ring (bicyclic) bond motifs is 1. The second kappa shape index (κ2) is 6.10. The van der Waals surface area contributed by atoms with Crippen molar-refractivity contribution in [2.75, 3.05) is 31.2 Å². The largest absolute Gasteiger partial charge is 0.495 e. The van der Waals surface area contributed by atoms with Gasteiger partial charge in [0.15, 0.2) is 11.5 Å². The number of nitrogens with one attached hydrogen (secondary N) is 3. The normalized spacial score (nSPS) is 17.1. The van der Waals surface area contributed by atoms with Gasteiger partial charge in [0.25, 0.3) is 0 Å². The summed E-state index contributed by atoms with van der Waals surface area (Å²) in [6, 6.07) is 7.49. The summed E-state index contributed by atoms with van der Waals surface area (Å²) in [6.07, 6.45) is 0.980. The highest BCUT2D eigenvalue weighted by Crippen LogP contribution is 2.25. The van der Waals surface area contributed by atoms with Gasteiger partial charge in [-0.2, -0.15) is 9.97 Å². The van der Waals surface area contributed by atoms with E-state index in [0.717, 1.165) is 19.5 Å². The van der Waals surface area contributed by atoms with E-state index in [-0.39, 0.29) is 17.5 Å². The predicted molar refractivity (Wildman–Crippen MR) is 95.3 cm³/mol. The van der Waals surface area contributed by atoms with Gasteiger partial charge >= 0.3 is 5.69 Å². The highest BCUT2D eigenvalue weighted by Gasteiger charge is 2.20. The fourth-order valence-corrected chi connectivity index (χ4v) is 3.07. The molecule has 0 bridgehead atoms. The van der Waals surface area contributed by atoms with Crippen LogP contribution in [0.4, 0.5) is 11.8 Å². The molecule has 1 aliphatic rings. The number of nitrogens with zero attached hydrogens (tertiary/aromatic N) is 3. The number of benzene rings is 1. The number of ether oxygens (including phenoxy) is 1. The lowest BCUT2D eigenvalue weighted by Crippen LogP contribution is -2.23. The molecule has 0 spiro atoms. The van der Waals surface area contributed by atoms with Crippen LogP contribution in [0.2, 0.25) is 0 Å². The number of para-hydroxylation sites is 2. The summed E-state index contributed by atoms with van der Waals surface area (Å²) in [5, 5.41) is 6.54. The van der Waals surface area contributed by atoms with Crippen LogP contribution in [0.25, 0.3) is 16.9 Å². The Morgan fingerprint density at radius 3 is 2.96 bits per heavy atom. The standard InChI is InChI=1S/C16H19N7O2/c1-25-11-5-3-2-4-10(11)23-14-12(20-16(23)24)13(17)21-15(22-14)19-9-6-7-18-8-9/h2-5,9,18H,6-8H2,1H3,(H,20,24)(H3,17,19,21,22)/t9-/m0/s1. The molecular formula is C16H19N7O2. The number of imidazole rings is 1. The van der Waals surface area contributed by atoms with Gasteiger partial charge in [-0.3, -0.25) is 0 Å². The lowest BCUT2D eigenvalue weighted by molar-refractivity contribution is 0.413. The van der Waals surface area contributed by atoms with Gasteiger partial charge in [-0.1, -0.05) is 12.1 Å². The second-order valence-electron chi connectivity index (χ2n) is 5.90. The Labute approximate surface area is 143 Å². The SMILES string of the molecule is COc1ccccc1-n1c(=O)[nH]c2c(N)nc(N[C@H]3CCNC3)nc21. The quantitative estimate of drug-likeness (QED) is 0.544. The third kappa shape index (κ3) is 2.68. The minimum atomic E-state index is -0.347. The summed E-state index contributed by atoms with van der Waals surface area (Å²) in [4.78, 5) is 24.0. The van der Waals surface area contributed by atoms with E-state index in [2.05, 4.69) is 25.6 Å². The van der Waals surface area contributed by atoms with Crippen molar-refractivity contribution in [1.82, 2.24) is 24.8 Å². The first kappa shape index (κ1) is 15.5. The van der Waals surface area contributed by atoms with Gasteiger partial charge in [-0.05, 0) is 25.1 Å². The fraction of sp³-hybridized carbons (Fsp3) is 0.312. The lowest BCUT2D eigenvalue weighted by atomic mass is 10.3. The highest BCUT2D eigenvalue weighted by molar-refractivity contribution is 5.84. The molecule has 0 unspecified atom stereocenters. The predicted octanol–water partition coefficient (Wildman–Crippen LogP) is 0.473. The maximum absolute atomic E-state index is 12.5. The molecule has 9 heteroatoms. The topological polar surface area (TPSA) is 123 Å². The molecule has 0 radical (unpaired) electrons. The van der Waals surface area contributed by atoms with E-state index in [1.807, 2.05) is 12.1 Å². The molecule has 1 atom stereocenters. The second-order valence-corrected chi connectivity index (χ2v) is 5.90. The molecule has 3 heterocycles. The van der Waals surface area contributed by atoms with E-state index >= 15 is 0 Å². The molecule has 0 aliphatic carbocycles. The van der Waals surface area contributed by atoms with E-state index in [0.29, 0.717) is 28.5 Å². The minimum Gasteiger partial charge on any atom is -0.495 e. The lowest BCUT2D eigenvalue weighted by Gasteiger charge is -2.12. The zero-order chi connectivity index (χ0) is 17.4. The van der Waals surface area contributed by atoms with Crippen LogP contribution < -0.4 is 26.8 Å². The average molecular weight is 341 g/mol. The summed E-state index contributed by atoms with van der Waals surface area (Å²) in [5.74, 6) is 1.20. The van der Waals surface area contributed by atoms with E-state index < -0.39 is 0 Å². The molecule has 3 aromatic rings. The fourth-order valence-electron chi connectivity index (χ4n) is 3.07. The third-order valence-corrected chi connectivity index (χ3v) is 4.28. The number of nitrogen functional groups attached to an aromatic ring is 1. The Hall–Kier alpha value is -3.07. The van der Waals surface area contributed by atoms with Crippen LogP contribution >= 0.6 is 0 Å². The number of methoxy groups -OCH3 is 1. The van der Waals surface area contributed by atoms with Crippen molar-refractivity contribution in [3.05, 3.63) is 34.7 Å². The van der Waals surface area contributed by atoms with E-state index in [1.54, 1.807) is 19.2 Å². The molecular weight excluding hydrogens is 322 g/mol. The Kier molecular flexibility index (Phi) is 3.77. The van der Waals surface area contributed by atoms with Crippen LogP contribution in [0.5, 0.6) is 5.75 Å². The Balaban J connectivity index is 1.87. The number of anilines is 2. The van der Waals surface area contributed by atoms with Crippen molar-refractivity contribution in [2.45, 2.75) is 12.5 Å². The Morgan fingerprint density at radius 2 is 2.20 bits per heavy atom. The molecule has 1 aliphatic heterocycles. The first-order valence-electron chi connectivity index (χ1n) is 8.06. The molecule has 1 saturated heterocycles. The van der Waals surface area contributed by atoms with Gasteiger partial charge in [0, 0.05) is 12.6 Å². The summed E-state index contributed by atoms with van der Waals surface area (Å²) >= 11 is 0. The summed E-state index contributed by atoms with van der Waals surface area (Å²) in [5.41, 5.74) is 7.11. The monoisotopic (exact) mass is 341 g/mol. The zero-order valence-electron chi connectivity index (χ0n) is 13.7. The van der Waals surface area contributed by atoms with E-state index in [4.69, 9.17) is 10.5 Å². The van der Waals surface area contributed by atoms with Gasteiger partial charge in [0.1, 0.15) is 11.3 Å². The van der Waals surface area contributed by atoms with Crippen molar-refractivity contribution in [2.24, 2.45) is 0 Å². The molecule has 25 heavy (non-hydrogen) atoms. The molecule has 0 amide bonds. The maximum Gasteiger partial charge on any atom is 0.332 e. The van der Waals surface area contributed by atoms with Gasteiger partial charge < -0.3 is 26.1 Å². The molecule has 9 nitrogen and oxygen atoms in total. The van der Waals surface area contributed by atoms with Crippen LogP contribution in [-0.4, -0.2) is 45.8 Å². The number of hydrogen-bond donors (Lipinski definition) is 4. The van der Waals surface area contributed by atoms with E-state index in [9.17, 15) is 4.79 Å². The van der Waals surface area contributed by atoms with Crippen molar-refractivity contribution >= 4 is 22.9 Å². The van der Waals surface area contributed by atoms with Gasteiger partial charge in [-0.25, -0.2) is 9.36 Å². The summed E-state index contributed by atoms with van der Waals surface area (Å²) in [6.45, 7) is 1.79. The van der Waals surface area contributed by atoms with Gasteiger partial charge in [0.2, 0.25) is 5.95 Å². The van der Waals surface area contributed by atoms with E-state index in [1.165, 1.54) is 4.57 Å². The number of aromatic amines is 1. The van der Waals surface area contributed by atoms with Gasteiger partial charge in [0.05, 0.1) is 12.8 Å². The Bertz CT molecular complexity index is 972. The highest BCUT2D eigenvalue weighted by atomic mass is 16.5. The first-order chi connectivity index (χ1) is 12.2. The number of nitrogens with two attached hydrogens (primary N) is 1. The van der Waals surface area contributed by atoms with Crippen LogP contribution in [0.15, 0.2) is 29.1 Å². The summed E-state index contributed by atoms with van der Waals surface area (Å²) in [7, 11) is 1.56. The molecule has 0 saturated carbocycles. The van der Waals surface area contributed by atoms with Crippen LogP contribution in [0, 0.1) is 0 Å². The third-order valence-electron chi connectivity index (χ3n) is 4.28. The number of hydrogen-bond acceptors (Lipinski definition) is 7. The first-order valence-corrected chi connectivity index (χ1v) is 8.06. The van der Waals surface area contributed by atoms with Crippen LogP contribution in [0.1, 0.15) is 6.42 Å². The van der Waals surface area contributed by atoms with Crippen LogP contribution in [-0.2, 0) is 0 Å². The Morgan fingerprint density at radius 1 is 1.36 bits per heavy atom. The number of rotatable bonds is 4.